The van der Waals surface area contributed by atoms with E-state index in [-0.39, 0.29) is 0 Å². The van der Waals surface area contributed by atoms with Gasteiger partial charge in [-0.1, -0.05) is 21.9 Å². The summed E-state index contributed by atoms with van der Waals surface area (Å²) in [7, 11) is 0. The van der Waals surface area contributed by atoms with Crippen molar-refractivity contribution in [2.45, 2.75) is 129 Å². The molecule has 0 radical (unpaired) electrons. The van der Waals surface area contributed by atoms with Crippen LogP contribution in [-0.2, 0) is 25.7 Å². The first-order valence-corrected chi connectivity index (χ1v) is 18.9. The van der Waals surface area contributed by atoms with Crippen molar-refractivity contribution in [2.24, 2.45) is 35.1 Å². The number of aryl methyl sites for hydroxylation is 2. The molecule has 4 aromatic rings. The number of rotatable bonds is 10. The summed E-state index contributed by atoms with van der Waals surface area (Å²) < 4.78 is 11.2. The summed E-state index contributed by atoms with van der Waals surface area (Å²) in [6.45, 7) is 4.02. The fourth-order valence-corrected chi connectivity index (χ4v) is 7.63. The van der Waals surface area contributed by atoms with Gasteiger partial charge < -0.3 is 20.5 Å². The molecule has 10 nitrogen and oxygen atoms in total. The van der Waals surface area contributed by atoms with Crippen LogP contribution in [0.3, 0.4) is 0 Å². The zero-order valence-electron chi connectivity index (χ0n) is 29.0. The van der Waals surface area contributed by atoms with E-state index in [9.17, 15) is 0 Å². The Hall–Kier alpha value is -3.21. The number of hydrogen-bond donors (Lipinski definition) is 2. The maximum atomic E-state index is 6.40. The third-order valence-electron chi connectivity index (χ3n) is 11.0. The van der Waals surface area contributed by atoms with Gasteiger partial charge in [0, 0.05) is 48.4 Å². The average Bonchev–Trinajstić information content (AvgIpc) is 4.03. The molecule has 4 N–H and O–H groups in total. The van der Waals surface area contributed by atoms with Crippen LogP contribution in [0.5, 0.6) is 0 Å². The lowest BCUT2D eigenvalue weighted by Crippen LogP contribution is -2.27. The molecule has 0 unspecified atom stereocenters. The minimum atomic E-state index is 0.361. The highest BCUT2D eigenvalue weighted by Gasteiger charge is 2.29. The van der Waals surface area contributed by atoms with Crippen LogP contribution in [-0.4, -0.2) is 42.3 Å². The van der Waals surface area contributed by atoms with Gasteiger partial charge in [-0.05, 0) is 133 Å². The van der Waals surface area contributed by atoms with Crippen LogP contribution in [0.1, 0.15) is 111 Å². The SMILES string of the molecule is Cc1noc(-c2ccnc(CC3CCC(N)CC3)n2)c1CC1CC1.Cc1noc(-c2nc(CC3CCC(N)CC3)ncc2Cl)c1CC1CC1. The van der Waals surface area contributed by atoms with Gasteiger partial charge in [0.05, 0.1) is 16.4 Å². The van der Waals surface area contributed by atoms with Crippen molar-refractivity contribution in [3.05, 3.63) is 57.6 Å². The van der Waals surface area contributed by atoms with Gasteiger partial charge in [-0.2, -0.15) is 0 Å². The standard InChI is InChI=1S/C19H25ClN4O.C19H26N4O/c1-11-15(8-12-2-3-12)19(25-24-11)18-16(20)10-22-17(23-18)9-13-4-6-14(21)7-5-13;1-12-16(10-13-2-3-13)19(24-23-12)17-8-9-21-18(22-17)11-14-4-6-15(20)7-5-14/h10,12-14H,2-9,21H2,1H3;8-9,13-15H,2-7,10-11,20H2,1H3. The van der Waals surface area contributed by atoms with E-state index >= 15 is 0 Å². The van der Waals surface area contributed by atoms with Gasteiger partial charge in [0.1, 0.15) is 23.0 Å². The minimum Gasteiger partial charge on any atom is -0.354 e. The van der Waals surface area contributed by atoms with E-state index in [4.69, 9.17) is 42.1 Å². The Balaban J connectivity index is 0.000000154. The lowest BCUT2D eigenvalue weighted by molar-refractivity contribution is 0.321. The first-order valence-electron chi connectivity index (χ1n) is 18.5. The average molecular weight is 687 g/mol. The van der Waals surface area contributed by atoms with E-state index in [1.54, 1.807) is 6.20 Å². The molecule has 4 fully saturated rings. The molecule has 0 amide bonds. The summed E-state index contributed by atoms with van der Waals surface area (Å²) in [5, 5.41) is 8.87. The fourth-order valence-electron chi connectivity index (χ4n) is 7.45. The predicted octanol–water partition coefficient (Wildman–Crippen LogP) is 7.56. The molecule has 0 saturated heterocycles. The number of hydrogen-bond acceptors (Lipinski definition) is 10. The predicted molar refractivity (Wildman–Crippen MR) is 190 cm³/mol. The molecule has 4 aliphatic carbocycles. The molecule has 4 saturated carbocycles. The van der Waals surface area contributed by atoms with Gasteiger partial charge in [0.2, 0.25) is 0 Å². The van der Waals surface area contributed by atoms with Crippen molar-refractivity contribution < 1.29 is 9.05 Å². The normalized spacial score (nSPS) is 24.0. The summed E-state index contributed by atoms with van der Waals surface area (Å²) in [4.78, 5) is 18.5. The smallest absolute Gasteiger partial charge is 0.190 e. The van der Waals surface area contributed by atoms with Gasteiger partial charge in [0.15, 0.2) is 11.5 Å². The molecule has 262 valence electrons. The molecule has 4 aromatic heterocycles. The summed E-state index contributed by atoms with van der Waals surface area (Å²) in [5.74, 6) is 6.14. The lowest BCUT2D eigenvalue weighted by atomic mass is 9.84. The van der Waals surface area contributed by atoms with Crippen LogP contribution in [0, 0.1) is 37.5 Å². The third-order valence-corrected chi connectivity index (χ3v) is 11.3. The summed E-state index contributed by atoms with van der Waals surface area (Å²) >= 11 is 6.40. The Bertz CT molecular complexity index is 1700. The van der Waals surface area contributed by atoms with Crippen molar-refractivity contribution in [1.82, 2.24) is 30.2 Å². The molecule has 0 atom stereocenters. The van der Waals surface area contributed by atoms with E-state index in [0.29, 0.717) is 34.6 Å². The maximum Gasteiger partial charge on any atom is 0.190 e. The minimum absolute atomic E-state index is 0.361. The molecule has 0 aliphatic heterocycles. The first-order chi connectivity index (χ1) is 23.8. The second-order valence-electron chi connectivity index (χ2n) is 15.3. The maximum absolute atomic E-state index is 6.40. The molecular weight excluding hydrogens is 636 g/mol. The van der Waals surface area contributed by atoms with Gasteiger partial charge >= 0.3 is 0 Å². The number of nitrogens with zero attached hydrogens (tertiary/aromatic N) is 6. The van der Waals surface area contributed by atoms with Gasteiger partial charge in [-0.15, -0.1) is 0 Å². The van der Waals surface area contributed by atoms with E-state index in [2.05, 4.69) is 20.3 Å². The molecule has 0 aromatic carbocycles. The largest absolute Gasteiger partial charge is 0.354 e. The monoisotopic (exact) mass is 686 g/mol. The molecule has 11 heteroatoms. The van der Waals surface area contributed by atoms with Crippen molar-refractivity contribution in [3.8, 4) is 22.9 Å². The Morgan fingerprint density at radius 3 is 1.65 bits per heavy atom. The van der Waals surface area contributed by atoms with Crippen LogP contribution in [0.2, 0.25) is 5.02 Å². The highest BCUT2D eigenvalue weighted by molar-refractivity contribution is 6.32. The van der Waals surface area contributed by atoms with Gasteiger partial charge in [-0.25, -0.2) is 19.9 Å². The van der Waals surface area contributed by atoms with Crippen molar-refractivity contribution >= 4 is 11.6 Å². The van der Waals surface area contributed by atoms with Crippen molar-refractivity contribution in [2.75, 3.05) is 0 Å². The molecule has 4 heterocycles. The Kier molecular flexibility index (Phi) is 10.7. The Morgan fingerprint density at radius 2 is 1.10 bits per heavy atom. The Morgan fingerprint density at radius 1 is 0.633 bits per heavy atom. The van der Waals surface area contributed by atoms with Crippen LogP contribution >= 0.6 is 11.6 Å². The Labute approximate surface area is 294 Å². The molecule has 4 aliphatic rings. The second kappa shape index (κ2) is 15.4. The zero-order valence-corrected chi connectivity index (χ0v) is 29.8. The van der Waals surface area contributed by atoms with Gasteiger partial charge in [0.25, 0.3) is 0 Å². The summed E-state index contributed by atoms with van der Waals surface area (Å²) in [6.07, 6.45) is 21.7. The second-order valence-corrected chi connectivity index (χ2v) is 15.7. The molecule has 0 bridgehead atoms. The van der Waals surface area contributed by atoms with Crippen LogP contribution in [0.4, 0.5) is 0 Å². The quantitative estimate of drug-likeness (QED) is 0.171. The van der Waals surface area contributed by atoms with E-state index in [1.165, 1.54) is 44.1 Å². The summed E-state index contributed by atoms with van der Waals surface area (Å²) in [6, 6.07) is 2.69. The topological polar surface area (TPSA) is 156 Å². The van der Waals surface area contributed by atoms with Crippen LogP contribution in [0.25, 0.3) is 22.9 Å². The highest BCUT2D eigenvalue weighted by atomic mass is 35.5. The van der Waals surface area contributed by atoms with Crippen molar-refractivity contribution in [1.29, 1.82) is 0 Å². The fraction of sp³-hybridized carbons (Fsp3) is 0.632. The highest BCUT2D eigenvalue weighted by Crippen LogP contribution is 2.39. The third kappa shape index (κ3) is 8.94. The van der Waals surface area contributed by atoms with E-state index in [1.807, 2.05) is 26.1 Å². The zero-order chi connectivity index (χ0) is 33.9. The molecule has 8 rings (SSSR count). The molecule has 49 heavy (non-hydrogen) atoms. The first kappa shape index (κ1) is 34.2. The van der Waals surface area contributed by atoms with E-state index in [0.717, 1.165) is 122 Å². The molecule has 0 spiro atoms. The summed E-state index contributed by atoms with van der Waals surface area (Å²) in [5.41, 5.74) is 17.9. The van der Waals surface area contributed by atoms with Gasteiger partial charge in [-0.3, -0.25) is 0 Å². The van der Waals surface area contributed by atoms with Crippen molar-refractivity contribution in [3.63, 3.8) is 0 Å². The van der Waals surface area contributed by atoms with Crippen LogP contribution < -0.4 is 11.5 Å². The van der Waals surface area contributed by atoms with Crippen LogP contribution in [0.15, 0.2) is 27.5 Å². The lowest BCUT2D eigenvalue weighted by Gasteiger charge is -2.25. The number of aromatic nitrogens is 6. The number of nitrogens with two attached hydrogens (primary N) is 2. The number of halogens is 1. The molecular formula is C38H51ClN8O2. The van der Waals surface area contributed by atoms with E-state index < -0.39 is 0 Å².